The Morgan fingerprint density at radius 3 is 1.66 bits per heavy atom. The standard InChI is InChI=1S/C82H76N4OSi/c1-79(2,3)54-43-44-83-76(49-54)86-73-37-25-24-35-67(73)68-41-39-58(51-75(68)86)87-59-46-55(80(4,5)6)45-57(50-59)84-53-85-77-71(47-56(81(7,8)9)48-72(77)82(10,11)12)70-52-63(40-42-66(70)64-33-22-23-34-65(64)69-36-26-38-74(84)78(69)85)88(60-27-16-13-17-28-60,61-29-18-14-19-30-61)62-31-20-15-21-32-62/h13-52H,1-12H3/i7D3,8D3,9D3,10D3,11D3,12D3. The van der Waals surface area contributed by atoms with Crippen LogP contribution in [0.25, 0.3) is 83.4 Å². The molecule has 4 heterocycles. The van der Waals surface area contributed by atoms with Gasteiger partial charge in [0.25, 0.3) is 6.33 Å². The second kappa shape index (κ2) is 20.9. The highest BCUT2D eigenvalue weighted by Crippen LogP contribution is 2.47. The van der Waals surface area contributed by atoms with E-state index in [1.807, 2.05) is 221 Å². The molecule has 0 spiro atoms. The monoisotopic (exact) mass is 1180 g/mol. The van der Waals surface area contributed by atoms with Gasteiger partial charge >= 0.3 is 0 Å². The number of nitrogens with zero attached hydrogens (tertiary/aromatic N) is 4. The molecule has 13 aromatic rings. The average Bonchev–Trinajstić information content (AvgIpc) is 0.869. The van der Waals surface area contributed by atoms with Crippen LogP contribution in [0.5, 0.6) is 11.5 Å². The first-order valence-corrected chi connectivity index (χ1v) is 31.6. The Bertz CT molecular complexity index is 5410. The molecule has 1 aliphatic rings. The van der Waals surface area contributed by atoms with E-state index in [2.05, 4.69) is 49.9 Å². The van der Waals surface area contributed by atoms with Crippen molar-refractivity contribution >= 4 is 61.7 Å². The number of pyridine rings is 1. The van der Waals surface area contributed by atoms with Crippen molar-refractivity contribution in [3.63, 3.8) is 0 Å². The van der Waals surface area contributed by atoms with Gasteiger partial charge in [0.05, 0.1) is 33.4 Å². The number of benzene rings is 10. The second-order valence-electron chi connectivity index (χ2n) is 25.3. The zero-order valence-electron chi connectivity index (χ0n) is 67.8. The SMILES string of the molecule is [2H]C([2H])([2H])C(c1cc2c(c(C(C([2H])([2H])[2H])(C([2H])([2H])[2H])C([2H])([2H])[2H])c1)-[n+]1[c-]n(-c3cc(Oc4ccc5c6ccccc6n(-c6cc(C(C)(C)C)ccn6)c5c4)cc(C(C)(C)C)c3)c3cccc(c31)-c1ccccc1-c1ccc([Si](c3ccccc3)(c3ccccc3)c3ccccc3)cc1-2)(C([2H])([2H])[2H])C([2H])([2H])[2H]. The van der Waals surface area contributed by atoms with Crippen molar-refractivity contribution in [2.75, 3.05) is 0 Å². The Kier molecular flexibility index (Phi) is 9.37. The highest BCUT2D eigenvalue weighted by Gasteiger charge is 2.42. The molecule has 14 rings (SSSR count). The van der Waals surface area contributed by atoms with Gasteiger partial charge in [-0.25, -0.2) is 4.98 Å². The summed E-state index contributed by atoms with van der Waals surface area (Å²) in [5, 5.41) is 5.27. The maximum atomic E-state index is 9.62. The first-order valence-electron chi connectivity index (χ1n) is 38.6. The molecule has 0 saturated carbocycles. The number of fused-ring (bicyclic) bond motifs is 10. The van der Waals surface area contributed by atoms with Crippen LogP contribution >= 0.6 is 0 Å². The number of ether oxygens (including phenoxy) is 1. The molecule has 0 radical (unpaired) electrons. The normalized spacial score (nSPS) is 16.7. The van der Waals surface area contributed by atoms with Gasteiger partial charge in [-0.3, -0.25) is 13.7 Å². The van der Waals surface area contributed by atoms with Gasteiger partial charge in [0.2, 0.25) is 0 Å². The first-order chi connectivity index (χ1) is 49.7. The van der Waals surface area contributed by atoms with Crippen molar-refractivity contribution in [3.05, 3.63) is 271 Å². The van der Waals surface area contributed by atoms with Crippen LogP contribution in [0.3, 0.4) is 0 Å². The lowest BCUT2D eigenvalue weighted by Crippen LogP contribution is -2.74. The summed E-state index contributed by atoms with van der Waals surface area (Å²) >= 11 is 0. The fourth-order valence-corrected chi connectivity index (χ4v) is 17.9. The Hall–Kier alpha value is -9.36. The molecule has 5 nitrogen and oxygen atoms in total. The van der Waals surface area contributed by atoms with E-state index in [0.29, 0.717) is 62.0 Å². The molecule has 1 aliphatic heterocycles. The van der Waals surface area contributed by atoms with Crippen LogP contribution in [-0.2, 0) is 21.7 Å². The topological polar surface area (TPSA) is 35.9 Å². The Labute approximate surface area is 545 Å². The van der Waals surface area contributed by atoms with Crippen LogP contribution in [0.2, 0.25) is 0 Å². The van der Waals surface area contributed by atoms with Crippen LogP contribution in [0.15, 0.2) is 243 Å². The van der Waals surface area contributed by atoms with Gasteiger partial charge in [-0.2, -0.15) is 0 Å². The lowest BCUT2D eigenvalue weighted by Gasteiger charge is -2.35. The number of hydrogen-bond acceptors (Lipinski definition) is 2. The van der Waals surface area contributed by atoms with Crippen molar-refractivity contribution in [1.29, 1.82) is 0 Å². The van der Waals surface area contributed by atoms with Crippen LogP contribution in [-0.4, -0.2) is 22.2 Å². The summed E-state index contributed by atoms with van der Waals surface area (Å²) in [6, 6.07) is 73.3. The summed E-state index contributed by atoms with van der Waals surface area (Å²) in [6.07, 6.45) is 5.35. The number of para-hydroxylation sites is 2. The van der Waals surface area contributed by atoms with Gasteiger partial charge in [-0.05, 0) is 147 Å². The van der Waals surface area contributed by atoms with Crippen LogP contribution < -0.4 is 30.1 Å². The average molecular weight is 1180 g/mol. The predicted octanol–water partition coefficient (Wildman–Crippen LogP) is 17.9. The second-order valence-corrected chi connectivity index (χ2v) is 29.1. The van der Waals surface area contributed by atoms with Gasteiger partial charge in [-0.15, -0.1) is 0 Å². The van der Waals surface area contributed by atoms with E-state index in [9.17, 15) is 24.7 Å². The highest BCUT2D eigenvalue weighted by atomic mass is 28.3. The quantitative estimate of drug-likeness (QED) is 0.0658. The van der Waals surface area contributed by atoms with E-state index in [1.165, 1.54) is 4.57 Å². The minimum absolute atomic E-state index is 0.0995. The molecule has 434 valence electrons. The molecule has 0 amide bonds. The van der Waals surface area contributed by atoms with E-state index >= 15 is 0 Å². The molecule has 0 fully saturated rings. The molecule has 0 saturated heterocycles. The molecule has 0 aliphatic carbocycles. The number of hydrogen-bond donors (Lipinski definition) is 0. The smallest absolute Gasteiger partial charge is 0.269 e. The van der Waals surface area contributed by atoms with E-state index in [4.69, 9.17) is 9.72 Å². The largest absolute Gasteiger partial charge is 0.458 e. The fraction of sp³-hybridized carbons (Fsp3) is 0.195. The predicted molar refractivity (Wildman–Crippen MR) is 371 cm³/mol. The number of aromatic nitrogens is 4. The third kappa shape index (κ3) is 9.52. The maximum absolute atomic E-state index is 9.62. The minimum atomic E-state index is -4.14. The molecular formula is C82H76N4OSi. The molecule has 0 bridgehead atoms. The van der Waals surface area contributed by atoms with Crippen molar-refractivity contribution in [2.24, 2.45) is 0 Å². The van der Waals surface area contributed by atoms with Gasteiger partial charge < -0.3 is 4.74 Å². The lowest BCUT2D eigenvalue weighted by atomic mass is 9.77. The summed E-state index contributed by atoms with van der Waals surface area (Å²) in [5.74, 6) is 1.53. The molecule has 0 N–H and O–H groups in total. The number of rotatable bonds is 8. The summed E-state index contributed by atoms with van der Waals surface area (Å²) in [7, 11) is -3.72. The van der Waals surface area contributed by atoms with Gasteiger partial charge in [0, 0.05) is 47.7 Å². The number of imidazole rings is 1. The van der Waals surface area contributed by atoms with Crippen molar-refractivity contribution in [3.8, 4) is 62.1 Å². The van der Waals surface area contributed by atoms with Crippen LogP contribution in [0.4, 0.5) is 0 Å². The Balaban J connectivity index is 1.16. The molecule has 10 aromatic carbocycles. The summed E-state index contributed by atoms with van der Waals surface area (Å²) in [4.78, 5) is 4.90. The third-order valence-corrected chi connectivity index (χ3v) is 22.2. The molecule has 0 atom stereocenters. The van der Waals surface area contributed by atoms with E-state index in [0.717, 1.165) is 54.6 Å². The van der Waals surface area contributed by atoms with Gasteiger partial charge in [0.1, 0.15) is 17.3 Å². The maximum Gasteiger partial charge on any atom is 0.269 e. The van der Waals surface area contributed by atoms with Crippen molar-refractivity contribution < 1.29 is 34.0 Å². The fourth-order valence-electron chi connectivity index (χ4n) is 13.2. The molecule has 3 aromatic heterocycles. The Morgan fingerprint density at radius 2 is 1.00 bits per heavy atom. The summed E-state index contributed by atoms with van der Waals surface area (Å²) in [5.41, 5.74) is -5.33. The van der Waals surface area contributed by atoms with Crippen LogP contribution in [0, 0.1) is 6.33 Å². The van der Waals surface area contributed by atoms with Crippen molar-refractivity contribution in [1.82, 2.24) is 14.1 Å². The van der Waals surface area contributed by atoms with Crippen LogP contribution in [0.1, 0.15) is 130 Å². The zero-order chi connectivity index (χ0) is 76.1. The first kappa shape index (κ1) is 39.4. The minimum Gasteiger partial charge on any atom is -0.458 e. The summed E-state index contributed by atoms with van der Waals surface area (Å²) < 4.78 is 183. The molecule has 6 heteroatoms. The molecule has 0 unspecified atom stereocenters. The van der Waals surface area contributed by atoms with Gasteiger partial charge in [0.15, 0.2) is 8.07 Å². The highest BCUT2D eigenvalue weighted by molar-refractivity contribution is 7.20. The van der Waals surface area contributed by atoms with E-state index in [-0.39, 0.29) is 22.1 Å². The van der Waals surface area contributed by atoms with E-state index in [1.54, 1.807) is 16.7 Å². The molecule has 88 heavy (non-hydrogen) atoms. The third-order valence-electron chi connectivity index (χ3n) is 17.5. The van der Waals surface area contributed by atoms with E-state index < -0.39 is 82.2 Å². The lowest BCUT2D eigenvalue weighted by molar-refractivity contribution is -0.572. The summed E-state index contributed by atoms with van der Waals surface area (Å²) in [6.45, 7) is -12.0. The Morgan fingerprint density at radius 1 is 0.420 bits per heavy atom. The van der Waals surface area contributed by atoms with Gasteiger partial charge in [-0.1, -0.05) is 265 Å². The zero-order valence-corrected chi connectivity index (χ0v) is 50.8. The molecular weight excluding hydrogens is 1090 g/mol. The van der Waals surface area contributed by atoms with Crippen molar-refractivity contribution in [2.45, 2.75) is 104 Å².